The quantitative estimate of drug-likeness (QED) is 0.133. The van der Waals surface area contributed by atoms with E-state index >= 15 is 0 Å². The smallest absolute Gasteiger partial charge is 0.261 e. The van der Waals surface area contributed by atoms with Crippen molar-refractivity contribution in [3.05, 3.63) is 0 Å². The van der Waals surface area contributed by atoms with Crippen LogP contribution in [0.4, 0.5) is 0 Å². The van der Waals surface area contributed by atoms with E-state index in [4.69, 9.17) is 17.0 Å². The normalized spacial score (nSPS) is 10.9. The Bertz CT molecular complexity index is 260. The SMILES string of the molecule is CCCCCCCCCCCCCCCCCCC(=O)N(O)Cl. The van der Waals surface area contributed by atoms with Gasteiger partial charge in [0, 0.05) is 18.2 Å². The lowest BCUT2D eigenvalue weighted by Gasteiger charge is -2.05. The van der Waals surface area contributed by atoms with Crippen LogP contribution < -0.4 is 0 Å². The summed E-state index contributed by atoms with van der Waals surface area (Å²) in [5, 5.41) is 8.70. The van der Waals surface area contributed by atoms with Crippen molar-refractivity contribution in [3.63, 3.8) is 0 Å². The molecule has 3 nitrogen and oxygen atoms in total. The topological polar surface area (TPSA) is 40.5 Å². The monoisotopic (exact) mass is 347 g/mol. The zero-order chi connectivity index (χ0) is 17.2. The van der Waals surface area contributed by atoms with E-state index < -0.39 is 5.91 Å². The summed E-state index contributed by atoms with van der Waals surface area (Å²) in [7, 11) is 0. The highest BCUT2D eigenvalue weighted by Gasteiger charge is 2.06. The van der Waals surface area contributed by atoms with Crippen LogP contribution in [0.5, 0.6) is 0 Å². The number of carbonyl (C=O) groups is 1. The van der Waals surface area contributed by atoms with Crippen molar-refractivity contribution in [1.29, 1.82) is 0 Å². The zero-order valence-electron chi connectivity index (χ0n) is 15.2. The van der Waals surface area contributed by atoms with Gasteiger partial charge >= 0.3 is 0 Å². The average Bonchev–Trinajstić information content (AvgIpc) is 2.54. The Morgan fingerprint density at radius 1 is 0.696 bits per heavy atom. The Kier molecular flexibility index (Phi) is 17.8. The minimum atomic E-state index is -0.406. The molecule has 0 saturated carbocycles. The van der Waals surface area contributed by atoms with E-state index in [-0.39, 0.29) is 4.58 Å². The van der Waals surface area contributed by atoms with Crippen LogP contribution in [0, 0.1) is 0 Å². The lowest BCUT2D eigenvalue weighted by molar-refractivity contribution is -0.146. The van der Waals surface area contributed by atoms with Gasteiger partial charge in [-0.1, -0.05) is 103 Å². The van der Waals surface area contributed by atoms with E-state index in [9.17, 15) is 4.79 Å². The van der Waals surface area contributed by atoms with Crippen LogP contribution in [-0.4, -0.2) is 15.7 Å². The molecule has 0 radical (unpaired) electrons. The van der Waals surface area contributed by atoms with Crippen LogP contribution in [0.25, 0.3) is 0 Å². The fourth-order valence-corrected chi connectivity index (χ4v) is 3.00. The van der Waals surface area contributed by atoms with Crippen molar-refractivity contribution in [1.82, 2.24) is 4.58 Å². The van der Waals surface area contributed by atoms with Crippen molar-refractivity contribution >= 4 is 17.7 Å². The highest BCUT2D eigenvalue weighted by Crippen LogP contribution is 2.14. The number of nitrogens with zero attached hydrogens (tertiary/aromatic N) is 1. The van der Waals surface area contributed by atoms with E-state index in [0.29, 0.717) is 6.42 Å². The summed E-state index contributed by atoms with van der Waals surface area (Å²) in [4.78, 5) is 11.0. The Hall–Kier alpha value is -0.280. The third kappa shape index (κ3) is 17.9. The molecular formula is C19H38ClNO2. The Balaban J connectivity index is 3.04. The van der Waals surface area contributed by atoms with Gasteiger partial charge in [-0.25, -0.2) is 0 Å². The summed E-state index contributed by atoms with van der Waals surface area (Å²) in [6.45, 7) is 2.27. The molecule has 0 fully saturated rings. The minimum absolute atomic E-state index is 0.172. The summed E-state index contributed by atoms with van der Waals surface area (Å²) >= 11 is 5.14. The molecule has 0 aliphatic rings. The maximum atomic E-state index is 11.0. The molecule has 138 valence electrons. The van der Waals surface area contributed by atoms with Crippen LogP contribution in [0.2, 0.25) is 0 Å². The van der Waals surface area contributed by atoms with Crippen molar-refractivity contribution in [2.75, 3.05) is 0 Å². The molecule has 0 rings (SSSR count). The molecule has 0 spiro atoms. The summed E-state index contributed by atoms with van der Waals surface area (Å²) in [5.74, 6) is -0.406. The largest absolute Gasteiger partial charge is 0.271 e. The second-order valence-electron chi connectivity index (χ2n) is 6.71. The van der Waals surface area contributed by atoms with Crippen molar-refractivity contribution in [3.8, 4) is 0 Å². The van der Waals surface area contributed by atoms with Gasteiger partial charge in [0.05, 0.1) is 0 Å². The maximum Gasteiger partial charge on any atom is 0.261 e. The van der Waals surface area contributed by atoms with Crippen molar-refractivity contribution in [2.24, 2.45) is 0 Å². The fraction of sp³-hybridized carbons (Fsp3) is 0.947. The molecule has 0 saturated heterocycles. The van der Waals surface area contributed by atoms with Crippen LogP contribution >= 0.6 is 11.8 Å². The molecule has 0 heterocycles. The highest BCUT2D eigenvalue weighted by molar-refractivity contribution is 6.19. The molecule has 1 amide bonds. The van der Waals surface area contributed by atoms with Crippen molar-refractivity contribution < 1.29 is 10.0 Å². The van der Waals surface area contributed by atoms with Crippen molar-refractivity contribution in [2.45, 2.75) is 116 Å². The Morgan fingerprint density at radius 2 is 1.00 bits per heavy atom. The summed E-state index contributed by atoms with van der Waals surface area (Å²) in [6.07, 6.45) is 21.4. The Labute approximate surface area is 148 Å². The molecule has 0 aliphatic carbocycles. The molecule has 4 heteroatoms. The molecule has 0 atom stereocenters. The summed E-state index contributed by atoms with van der Waals surface area (Å²) in [5.41, 5.74) is 0. The van der Waals surface area contributed by atoms with E-state index in [1.165, 1.54) is 89.9 Å². The van der Waals surface area contributed by atoms with E-state index in [2.05, 4.69) is 6.92 Å². The Morgan fingerprint density at radius 3 is 1.30 bits per heavy atom. The fourth-order valence-electron chi connectivity index (χ4n) is 2.92. The van der Waals surface area contributed by atoms with Gasteiger partial charge in [0.2, 0.25) is 0 Å². The van der Waals surface area contributed by atoms with Gasteiger partial charge in [0.15, 0.2) is 0 Å². The number of hydrogen-bond donors (Lipinski definition) is 1. The molecule has 1 N–H and O–H groups in total. The third-order valence-corrected chi connectivity index (χ3v) is 4.64. The first-order valence-electron chi connectivity index (χ1n) is 9.86. The number of hydroxylamine groups is 1. The first-order valence-corrected chi connectivity index (χ1v) is 10.2. The number of hydrogen-bond acceptors (Lipinski definition) is 2. The molecular weight excluding hydrogens is 310 g/mol. The number of unbranched alkanes of at least 4 members (excludes halogenated alkanes) is 15. The molecule has 0 aromatic heterocycles. The summed E-state index contributed by atoms with van der Waals surface area (Å²) < 4.78 is 0.172. The number of carbonyl (C=O) groups excluding carboxylic acids is 1. The van der Waals surface area contributed by atoms with Gasteiger partial charge in [-0.3, -0.25) is 10.0 Å². The van der Waals surface area contributed by atoms with Gasteiger partial charge < -0.3 is 0 Å². The van der Waals surface area contributed by atoms with E-state index in [0.717, 1.165) is 12.8 Å². The van der Waals surface area contributed by atoms with Gasteiger partial charge in [-0.05, 0) is 6.42 Å². The van der Waals surface area contributed by atoms with Gasteiger partial charge in [-0.2, -0.15) is 0 Å². The van der Waals surface area contributed by atoms with Gasteiger partial charge in [0.25, 0.3) is 5.91 Å². The number of amides is 1. The molecule has 0 aromatic carbocycles. The first-order chi connectivity index (χ1) is 11.2. The molecule has 0 bridgehead atoms. The number of halogens is 1. The molecule has 0 aromatic rings. The maximum absolute atomic E-state index is 11.0. The first kappa shape index (κ1) is 22.7. The van der Waals surface area contributed by atoms with Crippen LogP contribution in [0.3, 0.4) is 0 Å². The minimum Gasteiger partial charge on any atom is -0.271 e. The van der Waals surface area contributed by atoms with Crippen LogP contribution in [-0.2, 0) is 4.79 Å². The van der Waals surface area contributed by atoms with Gasteiger partial charge in [0.1, 0.15) is 0 Å². The standard InChI is InChI=1S/C19H38ClNO2/c1-2-3-4-5-6-7-8-9-10-11-12-13-14-15-16-17-18-19(22)21(20)23/h23H,2-18H2,1H3. The molecule has 0 aliphatic heterocycles. The molecule has 23 heavy (non-hydrogen) atoms. The van der Waals surface area contributed by atoms with Crippen LogP contribution in [0.1, 0.15) is 116 Å². The lowest BCUT2D eigenvalue weighted by Crippen LogP contribution is -2.16. The zero-order valence-corrected chi connectivity index (χ0v) is 16.0. The highest BCUT2D eigenvalue weighted by atomic mass is 35.5. The third-order valence-electron chi connectivity index (χ3n) is 4.45. The summed E-state index contributed by atoms with van der Waals surface area (Å²) in [6, 6.07) is 0. The average molecular weight is 348 g/mol. The van der Waals surface area contributed by atoms with Crippen LogP contribution in [0.15, 0.2) is 0 Å². The van der Waals surface area contributed by atoms with E-state index in [1.54, 1.807) is 0 Å². The predicted molar refractivity (Wildman–Crippen MR) is 98.6 cm³/mol. The van der Waals surface area contributed by atoms with Gasteiger partial charge in [-0.15, -0.1) is 4.58 Å². The predicted octanol–water partition coefficient (Wildman–Crippen LogP) is 7.01. The van der Waals surface area contributed by atoms with E-state index in [1.807, 2.05) is 0 Å². The second kappa shape index (κ2) is 18.1. The molecule has 0 unspecified atom stereocenters. The second-order valence-corrected chi connectivity index (χ2v) is 7.03. The lowest BCUT2D eigenvalue weighted by atomic mass is 10.0. The number of rotatable bonds is 17.